The Hall–Kier alpha value is -3.71. The number of aromatic nitrogens is 6. The number of halogens is 5. The standard InChI is InChI=1S/C21H20F5N7O2/c1-12-6-20(22,23)11-33(15(12)10-35-19-29-7-13(8-30-19)21(24,25)26)18(34)16-14(9-32(2)31-16)17-27-4-3-5-28-17/h3-5,7-9,12,15H,6,10-11H2,1-2H3/t12-,15?/m1/s1. The van der Waals surface area contributed by atoms with Gasteiger partial charge in [-0.05, 0) is 12.0 Å². The molecule has 4 heterocycles. The normalized spacial score (nSPS) is 20.0. The van der Waals surface area contributed by atoms with Gasteiger partial charge in [0.15, 0.2) is 11.5 Å². The van der Waals surface area contributed by atoms with Gasteiger partial charge in [-0.3, -0.25) is 9.48 Å². The van der Waals surface area contributed by atoms with Gasteiger partial charge >= 0.3 is 12.2 Å². The predicted octanol–water partition coefficient (Wildman–Crippen LogP) is 3.25. The summed E-state index contributed by atoms with van der Waals surface area (Å²) in [5.74, 6) is -4.44. The molecule has 1 aliphatic heterocycles. The Morgan fingerprint density at radius 1 is 1.17 bits per heavy atom. The largest absolute Gasteiger partial charge is 0.461 e. The molecule has 0 N–H and O–H groups in total. The van der Waals surface area contributed by atoms with Crippen LogP contribution in [0.4, 0.5) is 22.0 Å². The van der Waals surface area contributed by atoms with Crippen molar-refractivity contribution >= 4 is 5.91 Å². The molecule has 9 nitrogen and oxygen atoms in total. The zero-order chi connectivity index (χ0) is 25.4. The van der Waals surface area contributed by atoms with Crippen LogP contribution in [0.5, 0.6) is 6.01 Å². The molecular weight excluding hydrogens is 477 g/mol. The quantitative estimate of drug-likeness (QED) is 0.499. The second kappa shape index (κ2) is 9.15. The number of piperidine rings is 1. The molecule has 1 aliphatic rings. The maximum absolute atomic E-state index is 14.5. The fraction of sp³-hybridized carbons (Fsp3) is 0.429. The van der Waals surface area contributed by atoms with Gasteiger partial charge in [0.05, 0.1) is 23.7 Å². The van der Waals surface area contributed by atoms with E-state index in [1.165, 1.54) is 30.2 Å². The first-order chi connectivity index (χ1) is 16.4. The molecule has 35 heavy (non-hydrogen) atoms. The zero-order valence-corrected chi connectivity index (χ0v) is 18.6. The van der Waals surface area contributed by atoms with Crippen molar-refractivity contribution in [2.45, 2.75) is 31.5 Å². The van der Waals surface area contributed by atoms with Crippen LogP contribution in [0.1, 0.15) is 29.4 Å². The van der Waals surface area contributed by atoms with Gasteiger partial charge < -0.3 is 9.64 Å². The summed E-state index contributed by atoms with van der Waals surface area (Å²) in [7, 11) is 1.57. The molecule has 0 radical (unpaired) electrons. The monoisotopic (exact) mass is 497 g/mol. The van der Waals surface area contributed by atoms with Crippen LogP contribution in [0, 0.1) is 5.92 Å². The summed E-state index contributed by atoms with van der Waals surface area (Å²) in [5, 5.41) is 4.15. The molecule has 0 saturated carbocycles. The van der Waals surface area contributed by atoms with Crippen molar-refractivity contribution in [1.82, 2.24) is 34.6 Å². The molecule has 14 heteroatoms. The van der Waals surface area contributed by atoms with E-state index in [0.717, 1.165) is 4.90 Å². The second-order valence-corrected chi connectivity index (χ2v) is 8.24. The van der Waals surface area contributed by atoms with Crippen molar-refractivity contribution in [2.24, 2.45) is 13.0 Å². The molecule has 0 aliphatic carbocycles. The minimum absolute atomic E-state index is 0.112. The average Bonchev–Trinajstić information content (AvgIpc) is 3.19. The Morgan fingerprint density at radius 3 is 2.46 bits per heavy atom. The molecule has 4 rings (SSSR count). The number of carbonyl (C=O) groups is 1. The van der Waals surface area contributed by atoms with Crippen molar-refractivity contribution in [3.63, 3.8) is 0 Å². The lowest BCUT2D eigenvalue weighted by atomic mass is 9.88. The van der Waals surface area contributed by atoms with Crippen molar-refractivity contribution in [3.05, 3.63) is 48.3 Å². The van der Waals surface area contributed by atoms with Crippen LogP contribution in [-0.2, 0) is 13.2 Å². The number of ether oxygens (including phenoxy) is 1. The first-order valence-electron chi connectivity index (χ1n) is 10.5. The second-order valence-electron chi connectivity index (χ2n) is 8.24. The third kappa shape index (κ3) is 5.35. The maximum Gasteiger partial charge on any atom is 0.419 e. The number of rotatable bonds is 5. The summed E-state index contributed by atoms with van der Waals surface area (Å²) in [6.07, 6.45) is 0.454. The number of nitrogens with zero attached hydrogens (tertiary/aromatic N) is 7. The van der Waals surface area contributed by atoms with Gasteiger partial charge in [-0.1, -0.05) is 6.92 Å². The molecule has 0 aromatic carbocycles. The Balaban J connectivity index is 1.60. The van der Waals surface area contributed by atoms with Crippen molar-refractivity contribution < 1.29 is 31.5 Å². The van der Waals surface area contributed by atoms with Crippen molar-refractivity contribution in [3.8, 4) is 17.4 Å². The Morgan fingerprint density at radius 2 is 1.83 bits per heavy atom. The summed E-state index contributed by atoms with van der Waals surface area (Å²) in [6.45, 7) is 0.344. The maximum atomic E-state index is 14.5. The van der Waals surface area contributed by atoms with Crippen LogP contribution in [-0.4, -0.2) is 65.6 Å². The van der Waals surface area contributed by atoms with E-state index in [0.29, 0.717) is 12.4 Å². The molecule has 0 spiro atoms. The smallest absolute Gasteiger partial charge is 0.419 e. The molecular formula is C21H20F5N7O2. The zero-order valence-electron chi connectivity index (χ0n) is 18.6. The van der Waals surface area contributed by atoms with Crippen LogP contribution in [0.15, 0.2) is 37.1 Å². The SMILES string of the molecule is C[C@@H]1CC(F)(F)CN(C(=O)c2nn(C)cc2-c2ncccn2)C1COc1ncc(C(F)(F)F)cn1. The van der Waals surface area contributed by atoms with Gasteiger partial charge in [-0.25, -0.2) is 28.7 Å². The summed E-state index contributed by atoms with van der Waals surface area (Å²) >= 11 is 0. The number of hydrogen-bond donors (Lipinski definition) is 0. The van der Waals surface area contributed by atoms with Crippen molar-refractivity contribution in [2.75, 3.05) is 13.2 Å². The number of likely N-dealkylation sites (tertiary alicyclic amines) is 1. The van der Waals surface area contributed by atoms with E-state index in [1.807, 2.05) is 0 Å². The Kier molecular flexibility index (Phi) is 6.38. The fourth-order valence-corrected chi connectivity index (χ4v) is 3.90. The minimum atomic E-state index is -4.62. The summed E-state index contributed by atoms with van der Waals surface area (Å²) in [6, 6.07) is 0.371. The average molecular weight is 497 g/mol. The van der Waals surface area contributed by atoms with Crippen LogP contribution in [0.2, 0.25) is 0 Å². The number of hydrogen-bond acceptors (Lipinski definition) is 7. The first kappa shape index (κ1) is 24.4. The lowest BCUT2D eigenvalue weighted by Gasteiger charge is -2.42. The van der Waals surface area contributed by atoms with Gasteiger partial charge in [-0.15, -0.1) is 0 Å². The molecule has 186 valence electrons. The fourth-order valence-electron chi connectivity index (χ4n) is 3.90. The van der Waals surface area contributed by atoms with E-state index in [1.54, 1.807) is 13.1 Å². The lowest BCUT2D eigenvalue weighted by Crippen LogP contribution is -2.57. The van der Waals surface area contributed by atoms with Crippen LogP contribution in [0.25, 0.3) is 11.4 Å². The highest BCUT2D eigenvalue weighted by atomic mass is 19.4. The van der Waals surface area contributed by atoms with Crippen molar-refractivity contribution in [1.29, 1.82) is 0 Å². The minimum Gasteiger partial charge on any atom is -0.461 e. The Bertz CT molecular complexity index is 1190. The third-order valence-electron chi connectivity index (χ3n) is 5.52. The van der Waals surface area contributed by atoms with E-state index in [9.17, 15) is 26.7 Å². The molecule has 1 amide bonds. The predicted molar refractivity (Wildman–Crippen MR) is 110 cm³/mol. The third-order valence-corrected chi connectivity index (χ3v) is 5.52. The summed E-state index contributed by atoms with van der Waals surface area (Å²) < 4.78 is 73.9. The summed E-state index contributed by atoms with van der Waals surface area (Å²) in [5.41, 5.74) is -0.900. The van der Waals surface area contributed by atoms with Gasteiger partial charge in [-0.2, -0.15) is 18.3 Å². The van der Waals surface area contributed by atoms with Gasteiger partial charge in [0.2, 0.25) is 0 Å². The number of amides is 1. The van der Waals surface area contributed by atoms with Gasteiger partial charge in [0.1, 0.15) is 6.61 Å². The Labute approximate surface area is 196 Å². The van der Waals surface area contributed by atoms with E-state index < -0.39 is 48.5 Å². The molecule has 3 aromatic rings. The number of carbonyl (C=O) groups excluding carboxylic acids is 1. The highest BCUT2D eigenvalue weighted by Gasteiger charge is 2.47. The van der Waals surface area contributed by atoms with Crippen LogP contribution < -0.4 is 4.74 Å². The molecule has 1 unspecified atom stereocenters. The highest BCUT2D eigenvalue weighted by Crippen LogP contribution is 2.36. The highest BCUT2D eigenvalue weighted by molar-refractivity contribution is 5.98. The topological polar surface area (TPSA) is 98.9 Å². The molecule has 0 bridgehead atoms. The van der Waals surface area contributed by atoms with Gasteiger partial charge in [0, 0.05) is 44.5 Å². The first-order valence-corrected chi connectivity index (χ1v) is 10.5. The number of aryl methyl sites for hydroxylation is 1. The molecule has 1 fully saturated rings. The van der Waals surface area contributed by atoms with Gasteiger partial charge in [0.25, 0.3) is 11.8 Å². The molecule has 1 saturated heterocycles. The van der Waals surface area contributed by atoms with E-state index in [4.69, 9.17) is 4.74 Å². The van der Waals surface area contributed by atoms with E-state index >= 15 is 0 Å². The number of alkyl halides is 5. The molecule has 3 aromatic heterocycles. The van der Waals surface area contributed by atoms with E-state index in [-0.39, 0.29) is 29.7 Å². The summed E-state index contributed by atoms with van der Waals surface area (Å²) in [4.78, 5) is 29.7. The molecule has 2 atom stereocenters. The van der Waals surface area contributed by atoms with E-state index in [2.05, 4.69) is 25.0 Å². The van der Waals surface area contributed by atoms with Crippen LogP contribution in [0.3, 0.4) is 0 Å². The lowest BCUT2D eigenvalue weighted by molar-refractivity contribution is -0.138. The van der Waals surface area contributed by atoms with Crippen LogP contribution >= 0.6 is 0 Å².